The molecule has 5 nitrogen and oxygen atoms in total. The summed E-state index contributed by atoms with van der Waals surface area (Å²) >= 11 is 1.44. The Morgan fingerprint density at radius 3 is 2.65 bits per heavy atom. The van der Waals surface area contributed by atoms with Crippen LogP contribution in [0.5, 0.6) is 0 Å². The lowest BCUT2D eigenvalue weighted by atomic mass is 10.2. The highest BCUT2D eigenvalue weighted by Crippen LogP contribution is 2.26. The van der Waals surface area contributed by atoms with Crippen LogP contribution in [0.25, 0.3) is 10.2 Å². The van der Waals surface area contributed by atoms with E-state index in [2.05, 4.69) is 4.98 Å². The number of para-hydroxylation sites is 1. The molecule has 0 unspecified atom stereocenters. The molecule has 0 N–H and O–H groups in total. The van der Waals surface area contributed by atoms with Crippen LogP contribution in [0.1, 0.15) is 10.6 Å². The van der Waals surface area contributed by atoms with E-state index < -0.39 is 29.8 Å². The molecule has 2 heterocycles. The third-order valence-electron chi connectivity index (χ3n) is 3.77. The molecule has 0 saturated heterocycles. The van der Waals surface area contributed by atoms with Gasteiger partial charge in [-0.05, 0) is 24.3 Å². The lowest BCUT2D eigenvalue weighted by molar-refractivity contribution is -0.139. The highest BCUT2D eigenvalue weighted by atomic mass is 32.1. The van der Waals surface area contributed by atoms with Gasteiger partial charge in [0.15, 0.2) is 0 Å². The molecule has 0 aliphatic carbocycles. The summed E-state index contributed by atoms with van der Waals surface area (Å²) in [7, 11) is 1.52. The number of benzene rings is 1. The van der Waals surface area contributed by atoms with E-state index in [0.717, 1.165) is 20.9 Å². The van der Waals surface area contributed by atoms with E-state index in [0.29, 0.717) is 11.1 Å². The van der Waals surface area contributed by atoms with Crippen molar-refractivity contribution in [2.75, 3.05) is 7.05 Å². The molecule has 0 bridgehead atoms. The number of fused-ring (bicyclic) bond motifs is 1. The van der Waals surface area contributed by atoms with Crippen LogP contribution >= 0.6 is 11.3 Å². The van der Waals surface area contributed by atoms with Crippen molar-refractivity contribution in [2.24, 2.45) is 0 Å². The fraction of sp³-hybridized carbons (Fsp3) is 0.235. The van der Waals surface area contributed by atoms with Crippen molar-refractivity contribution in [3.63, 3.8) is 0 Å². The Labute approximate surface area is 150 Å². The minimum absolute atomic E-state index is 0.214. The number of amides is 1. The van der Waals surface area contributed by atoms with Gasteiger partial charge in [-0.15, -0.1) is 11.3 Å². The Morgan fingerprint density at radius 1 is 1.23 bits per heavy atom. The number of carbonyl (C=O) groups excluding carboxylic acids is 1. The van der Waals surface area contributed by atoms with Crippen LogP contribution < -0.4 is 5.56 Å². The van der Waals surface area contributed by atoms with Gasteiger partial charge in [0.25, 0.3) is 5.56 Å². The minimum atomic E-state index is -4.75. The molecule has 136 valence electrons. The molecular formula is C17H14F3N3O2S. The Morgan fingerprint density at radius 2 is 1.96 bits per heavy atom. The third kappa shape index (κ3) is 3.77. The fourth-order valence-corrected chi connectivity index (χ4v) is 3.44. The van der Waals surface area contributed by atoms with Crippen LogP contribution in [0.2, 0.25) is 0 Å². The predicted octanol–water partition coefficient (Wildman–Crippen LogP) is 3.14. The first-order valence-corrected chi connectivity index (χ1v) is 8.42. The molecule has 2 aromatic heterocycles. The van der Waals surface area contributed by atoms with Crippen molar-refractivity contribution in [1.29, 1.82) is 0 Å². The summed E-state index contributed by atoms with van der Waals surface area (Å²) in [5.74, 6) is -0.481. The molecule has 3 aromatic rings. The fourth-order valence-electron chi connectivity index (χ4n) is 2.42. The van der Waals surface area contributed by atoms with Crippen molar-refractivity contribution < 1.29 is 18.0 Å². The highest BCUT2D eigenvalue weighted by molar-refractivity contribution is 7.18. The van der Waals surface area contributed by atoms with Crippen LogP contribution in [0.15, 0.2) is 47.4 Å². The van der Waals surface area contributed by atoms with E-state index in [4.69, 9.17) is 0 Å². The van der Waals surface area contributed by atoms with Gasteiger partial charge in [-0.3, -0.25) is 9.59 Å². The SMILES string of the molecule is CN(Cc1nc2ccccc2s1)C(=O)Cn1cccc(C(F)(F)F)c1=O. The lowest BCUT2D eigenvalue weighted by Gasteiger charge is -2.17. The molecular weight excluding hydrogens is 367 g/mol. The first kappa shape index (κ1) is 18.1. The number of thiazole rings is 1. The first-order chi connectivity index (χ1) is 12.3. The molecule has 26 heavy (non-hydrogen) atoms. The first-order valence-electron chi connectivity index (χ1n) is 7.61. The van der Waals surface area contributed by atoms with Gasteiger partial charge in [-0.2, -0.15) is 13.2 Å². The molecule has 0 radical (unpaired) electrons. The second-order valence-corrected chi connectivity index (χ2v) is 6.79. The summed E-state index contributed by atoms with van der Waals surface area (Å²) in [6.45, 7) is -0.254. The number of hydrogen-bond acceptors (Lipinski definition) is 4. The van der Waals surface area contributed by atoms with Crippen LogP contribution in [-0.4, -0.2) is 27.4 Å². The maximum atomic E-state index is 12.8. The number of likely N-dealkylation sites (N-methyl/N-ethyl adjacent to an activating group) is 1. The maximum Gasteiger partial charge on any atom is 0.421 e. The van der Waals surface area contributed by atoms with Crippen molar-refractivity contribution in [3.8, 4) is 0 Å². The molecule has 3 rings (SSSR count). The van der Waals surface area contributed by atoms with Crippen molar-refractivity contribution >= 4 is 27.5 Å². The number of hydrogen-bond donors (Lipinski definition) is 0. The molecule has 1 amide bonds. The second kappa shape index (κ2) is 6.91. The number of carbonyl (C=O) groups is 1. The molecule has 0 fully saturated rings. The summed E-state index contributed by atoms with van der Waals surface area (Å²) in [5, 5.41) is 0.707. The van der Waals surface area contributed by atoms with Crippen molar-refractivity contribution in [1.82, 2.24) is 14.5 Å². The van der Waals surface area contributed by atoms with Gasteiger partial charge < -0.3 is 9.47 Å². The van der Waals surface area contributed by atoms with Gasteiger partial charge in [0, 0.05) is 13.2 Å². The number of halogens is 3. The average molecular weight is 381 g/mol. The van der Waals surface area contributed by atoms with Crippen LogP contribution in [0, 0.1) is 0 Å². The highest BCUT2D eigenvalue weighted by Gasteiger charge is 2.34. The summed E-state index contributed by atoms with van der Waals surface area (Å²) < 4.78 is 40.1. The Kier molecular flexibility index (Phi) is 4.82. The largest absolute Gasteiger partial charge is 0.421 e. The zero-order valence-corrected chi connectivity index (χ0v) is 14.5. The van der Waals surface area contributed by atoms with E-state index in [-0.39, 0.29) is 6.54 Å². The third-order valence-corrected chi connectivity index (χ3v) is 4.79. The summed E-state index contributed by atoms with van der Waals surface area (Å²) in [4.78, 5) is 30.0. The van der Waals surface area contributed by atoms with Crippen LogP contribution in [0.3, 0.4) is 0 Å². The zero-order chi connectivity index (χ0) is 18.9. The Hall–Kier alpha value is -2.68. The number of nitrogens with zero attached hydrogens (tertiary/aromatic N) is 3. The summed E-state index contributed by atoms with van der Waals surface area (Å²) in [6.07, 6.45) is -3.59. The minimum Gasteiger partial charge on any atom is -0.337 e. The van der Waals surface area contributed by atoms with Crippen molar-refractivity contribution in [2.45, 2.75) is 19.3 Å². The molecule has 0 saturated carbocycles. The normalized spacial score (nSPS) is 11.7. The van der Waals surface area contributed by atoms with E-state index in [1.807, 2.05) is 24.3 Å². The number of rotatable bonds is 4. The Bertz CT molecular complexity index is 977. The van der Waals surface area contributed by atoms with Crippen LogP contribution in [-0.2, 0) is 24.1 Å². The molecule has 0 aliphatic rings. The van der Waals surface area contributed by atoms with Gasteiger partial charge in [0.2, 0.25) is 5.91 Å². The van der Waals surface area contributed by atoms with Gasteiger partial charge in [0.05, 0.1) is 16.8 Å². The van der Waals surface area contributed by atoms with E-state index >= 15 is 0 Å². The van der Waals surface area contributed by atoms with E-state index in [1.165, 1.54) is 29.5 Å². The maximum absolute atomic E-state index is 12.8. The number of aromatic nitrogens is 2. The monoisotopic (exact) mass is 381 g/mol. The zero-order valence-electron chi connectivity index (χ0n) is 13.7. The van der Waals surface area contributed by atoms with E-state index in [9.17, 15) is 22.8 Å². The quantitative estimate of drug-likeness (QED) is 0.698. The lowest BCUT2D eigenvalue weighted by Crippen LogP contribution is -2.35. The smallest absolute Gasteiger partial charge is 0.337 e. The van der Waals surface area contributed by atoms with Crippen LogP contribution in [0.4, 0.5) is 13.2 Å². The number of alkyl halides is 3. The van der Waals surface area contributed by atoms with Gasteiger partial charge in [-0.1, -0.05) is 12.1 Å². The Balaban J connectivity index is 1.74. The van der Waals surface area contributed by atoms with Gasteiger partial charge in [0.1, 0.15) is 17.1 Å². The molecule has 9 heteroatoms. The predicted molar refractivity (Wildman–Crippen MR) is 91.8 cm³/mol. The summed E-state index contributed by atoms with van der Waals surface area (Å²) in [6, 6.07) is 9.33. The summed E-state index contributed by atoms with van der Waals surface area (Å²) in [5.41, 5.74) is -1.70. The average Bonchev–Trinajstić information content (AvgIpc) is 2.97. The van der Waals surface area contributed by atoms with Gasteiger partial charge in [-0.25, -0.2) is 4.98 Å². The van der Waals surface area contributed by atoms with Crippen molar-refractivity contribution in [3.05, 3.63) is 63.5 Å². The molecule has 0 aliphatic heterocycles. The van der Waals surface area contributed by atoms with Gasteiger partial charge >= 0.3 is 6.18 Å². The molecule has 1 aromatic carbocycles. The standard InChI is InChI=1S/C17H14F3N3O2S/c1-22(9-14-21-12-6-2-3-7-13(12)26-14)15(24)10-23-8-4-5-11(16(23)25)17(18,19)20/h2-8H,9-10H2,1H3. The number of pyridine rings is 1. The molecule has 0 atom stereocenters. The second-order valence-electron chi connectivity index (χ2n) is 5.68. The molecule has 0 spiro atoms. The van der Waals surface area contributed by atoms with E-state index in [1.54, 1.807) is 0 Å². The topological polar surface area (TPSA) is 55.2 Å².